The van der Waals surface area contributed by atoms with Crippen molar-refractivity contribution in [1.29, 1.82) is 5.26 Å². The normalized spacial score (nSPS) is 11.4. The van der Waals surface area contributed by atoms with Gasteiger partial charge in [-0.05, 0) is 56.2 Å². The predicted octanol–water partition coefficient (Wildman–Crippen LogP) is 3.61. The zero-order chi connectivity index (χ0) is 16.1. The van der Waals surface area contributed by atoms with Crippen molar-refractivity contribution in [2.24, 2.45) is 0 Å². The highest BCUT2D eigenvalue weighted by Gasteiger charge is 2.14. The van der Waals surface area contributed by atoms with E-state index < -0.39 is 6.04 Å². The minimum Gasteiger partial charge on any atom is -0.374 e. The Labute approximate surface area is 130 Å². The van der Waals surface area contributed by atoms with Crippen LogP contribution in [0, 0.1) is 25.2 Å². The summed E-state index contributed by atoms with van der Waals surface area (Å²) in [5.74, 6) is -0.180. The third kappa shape index (κ3) is 3.64. The number of para-hydroxylation sites is 1. The van der Waals surface area contributed by atoms with Gasteiger partial charge < -0.3 is 10.6 Å². The second-order valence-electron chi connectivity index (χ2n) is 5.31. The molecule has 2 N–H and O–H groups in total. The molecule has 112 valence electrons. The van der Waals surface area contributed by atoms with Gasteiger partial charge in [-0.1, -0.05) is 18.2 Å². The van der Waals surface area contributed by atoms with Crippen molar-refractivity contribution >= 4 is 17.3 Å². The van der Waals surface area contributed by atoms with Crippen molar-refractivity contribution in [3.8, 4) is 6.07 Å². The Morgan fingerprint density at radius 1 is 1.14 bits per heavy atom. The van der Waals surface area contributed by atoms with Crippen LogP contribution in [-0.4, -0.2) is 11.9 Å². The van der Waals surface area contributed by atoms with Crippen molar-refractivity contribution in [3.63, 3.8) is 0 Å². The Balaban J connectivity index is 2.06. The number of carbonyl (C=O) groups excluding carboxylic acids is 1. The molecular weight excluding hydrogens is 274 g/mol. The first kappa shape index (κ1) is 15.6. The lowest BCUT2D eigenvalue weighted by Gasteiger charge is -2.16. The van der Waals surface area contributed by atoms with Crippen LogP contribution in [0.3, 0.4) is 0 Å². The summed E-state index contributed by atoms with van der Waals surface area (Å²) in [4.78, 5) is 12.3. The Bertz CT molecular complexity index is 731. The molecule has 0 fully saturated rings. The number of aryl methyl sites for hydroxylation is 2. The maximum Gasteiger partial charge on any atom is 0.246 e. The third-order valence-corrected chi connectivity index (χ3v) is 3.59. The molecule has 1 amide bonds. The SMILES string of the molecule is Cc1ccc(N[C@@H](C)C(=O)Nc2ccccc2C#N)cc1C. The lowest BCUT2D eigenvalue weighted by atomic mass is 10.1. The molecule has 0 heterocycles. The molecule has 1 atom stereocenters. The van der Waals surface area contributed by atoms with Gasteiger partial charge in [-0.2, -0.15) is 5.26 Å². The molecule has 2 aromatic rings. The largest absolute Gasteiger partial charge is 0.374 e. The molecule has 0 unspecified atom stereocenters. The highest BCUT2D eigenvalue weighted by atomic mass is 16.2. The van der Waals surface area contributed by atoms with Gasteiger partial charge in [0.1, 0.15) is 12.1 Å². The third-order valence-electron chi connectivity index (χ3n) is 3.59. The molecule has 0 aromatic heterocycles. The predicted molar refractivity (Wildman–Crippen MR) is 88.8 cm³/mol. The fourth-order valence-electron chi connectivity index (χ4n) is 2.08. The summed E-state index contributed by atoms with van der Waals surface area (Å²) < 4.78 is 0. The minimum atomic E-state index is -0.408. The van der Waals surface area contributed by atoms with Gasteiger partial charge in [0.2, 0.25) is 5.91 Å². The lowest BCUT2D eigenvalue weighted by Crippen LogP contribution is -2.32. The summed E-state index contributed by atoms with van der Waals surface area (Å²) in [5, 5.41) is 15.0. The molecular formula is C18H19N3O. The molecule has 0 aliphatic rings. The average molecular weight is 293 g/mol. The van der Waals surface area contributed by atoms with Gasteiger partial charge in [-0.15, -0.1) is 0 Å². The topological polar surface area (TPSA) is 64.9 Å². The van der Waals surface area contributed by atoms with Crippen LogP contribution in [0.15, 0.2) is 42.5 Å². The maximum absolute atomic E-state index is 12.3. The number of hydrogen-bond donors (Lipinski definition) is 2. The fraction of sp³-hybridized carbons (Fsp3) is 0.222. The fourth-order valence-corrected chi connectivity index (χ4v) is 2.08. The molecule has 0 saturated carbocycles. The highest BCUT2D eigenvalue weighted by molar-refractivity contribution is 5.97. The van der Waals surface area contributed by atoms with Crippen LogP contribution in [-0.2, 0) is 4.79 Å². The lowest BCUT2D eigenvalue weighted by molar-refractivity contribution is -0.116. The molecule has 4 nitrogen and oxygen atoms in total. The smallest absolute Gasteiger partial charge is 0.246 e. The van der Waals surface area contributed by atoms with Crippen LogP contribution in [0.25, 0.3) is 0 Å². The Morgan fingerprint density at radius 3 is 2.55 bits per heavy atom. The number of nitrogens with zero attached hydrogens (tertiary/aromatic N) is 1. The molecule has 0 aliphatic carbocycles. The van der Waals surface area contributed by atoms with Crippen molar-refractivity contribution in [2.75, 3.05) is 10.6 Å². The zero-order valence-corrected chi connectivity index (χ0v) is 13.0. The van der Waals surface area contributed by atoms with E-state index in [0.717, 1.165) is 5.69 Å². The van der Waals surface area contributed by atoms with Gasteiger partial charge in [-0.25, -0.2) is 0 Å². The van der Waals surface area contributed by atoms with E-state index in [1.165, 1.54) is 11.1 Å². The van der Waals surface area contributed by atoms with E-state index in [1.807, 2.05) is 32.0 Å². The molecule has 0 saturated heterocycles. The standard InChI is InChI=1S/C18H19N3O/c1-12-8-9-16(10-13(12)2)20-14(3)18(22)21-17-7-5-4-6-15(17)11-19/h4-10,14,20H,1-3H3,(H,21,22)/t14-/m0/s1. The van der Waals surface area contributed by atoms with Crippen LogP contribution in [0.4, 0.5) is 11.4 Å². The number of rotatable bonds is 4. The van der Waals surface area contributed by atoms with Gasteiger partial charge in [-0.3, -0.25) is 4.79 Å². The first-order valence-electron chi connectivity index (χ1n) is 7.15. The van der Waals surface area contributed by atoms with E-state index in [4.69, 9.17) is 5.26 Å². The van der Waals surface area contributed by atoms with Crippen molar-refractivity contribution in [3.05, 3.63) is 59.2 Å². The Kier molecular flexibility index (Phi) is 4.80. The van der Waals surface area contributed by atoms with Crippen LogP contribution in [0.5, 0.6) is 0 Å². The quantitative estimate of drug-likeness (QED) is 0.905. The van der Waals surface area contributed by atoms with Crippen molar-refractivity contribution in [2.45, 2.75) is 26.8 Å². The Hall–Kier alpha value is -2.80. The minimum absolute atomic E-state index is 0.180. The van der Waals surface area contributed by atoms with Crippen molar-refractivity contribution in [1.82, 2.24) is 0 Å². The van der Waals surface area contributed by atoms with Crippen molar-refractivity contribution < 1.29 is 4.79 Å². The number of nitrogens with one attached hydrogen (secondary N) is 2. The highest BCUT2D eigenvalue weighted by Crippen LogP contribution is 2.17. The molecule has 0 spiro atoms. The molecule has 0 radical (unpaired) electrons. The molecule has 22 heavy (non-hydrogen) atoms. The summed E-state index contributed by atoms with van der Waals surface area (Å²) in [5.41, 5.74) is 4.27. The van der Waals surface area contributed by atoms with Gasteiger partial charge in [0.15, 0.2) is 0 Å². The second-order valence-corrected chi connectivity index (χ2v) is 5.31. The van der Waals surface area contributed by atoms with E-state index in [0.29, 0.717) is 11.3 Å². The number of amides is 1. The van der Waals surface area contributed by atoms with Gasteiger partial charge in [0.05, 0.1) is 11.3 Å². The second kappa shape index (κ2) is 6.77. The van der Waals surface area contributed by atoms with Gasteiger partial charge in [0.25, 0.3) is 0 Å². The van der Waals surface area contributed by atoms with Crippen LogP contribution >= 0.6 is 0 Å². The van der Waals surface area contributed by atoms with E-state index in [2.05, 4.69) is 16.7 Å². The van der Waals surface area contributed by atoms with E-state index in [-0.39, 0.29) is 5.91 Å². The average Bonchev–Trinajstić information content (AvgIpc) is 2.51. The molecule has 4 heteroatoms. The number of hydrogen-bond acceptors (Lipinski definition) is 3. The summed E-state index contributed by atoms with van der Waals surface area (Å²) in [6.07, 6.45) is 0. The summed E-state index contributed by atoms with van der Waals surface area (Å²) in [7, 11) is 0. The zero-order valence-electron chi connectivity index (χ0n) is 13.0. The monoisotopic (exact) mass is 293 g/mol. The van der Waals surface area contributed by atoms with Gasteiger partial charge >= 0.3 is 0 Å². The summed E-state index contributed by atoms with van der Waals surface area (Å²) in [6, 6.07) is 14.6. The first-order valence-corrected chi connectivity index (χ1v) is 7.15. The van der Waals surface area contributed by atoms with Crippen LogP contribution < -0.4 is 10.6 Å². The number of anilines is 2. The number of carbonyl (C=O) groups is 1. The van der Waals surface area contributed by atoms with E-state index in [9.17, 15) is 4.79 Å². The van der Waals surface area contributed by atoms with E-state index in [1.54, 1.807) is 31.2 Å². The van der Waals surface area contributed by atoms with Crippen LogP contribution in [0.2, 0.25) is 0 Å². The Morgan fingerprint density at radius 2 is 1.86 bits per heavy atom. The van der Waals surface area contributed by atoms with E-state index >= 15 is 0 Å². The number of nitriles is 1. The molecule has 2 rings (SSSR count). The summed E-state index contributed by atoms with van der Waals surface area (Å²) in [6.45, 7) is 5.88. The molecule has 2 aromatic carbocycles. The van der Waals surface area contributed by atoms with Gasteiger partial charge in [0, 0.05) is 5.69 Å². The molecule has 0 aliphatic heterocycles. The molecule has 0 bridgehead atoms. The summed E-state index contributed by atoms with van der Waals surface area (Å²) >= 11 is 0. The van der Waals surface area contributed by atoms with Crippen LogP contribution in [0.1, 0.15) is 23.6 Å². The number of benzene rings is 2. The first-order chi connectivity index (χ1) is 10.5. The maximum atomic E-state index is 12.3.